The molecule has 0 spiro atoms. The molecule has 0 heterocycles. The van der Waals surface area contributed by atoms with Crippen LogP contribution in [-0.2, 0) is 14.2 Å². The van der Waals surface area contributed by atoms with Crippen LogP contribution in [0.3, 0.4) is 0 Å². The van der Waals surface area contributed by atoms with Crippen LogP contribution in [-0.4, -0.2) is 53.0 Å². The second kappa shape index (κ2) is 10.3. The predicted molar refractivity (Wildman–Crippen MR) is 75.4 cm³/mol. The van der Waals surface area contributed by atoms with Crippen molar-refractivity contribution < 1.29 is 28.1 Å². The van der Waals surface area contributed by atoms with Gasteiger partial charge in [-0.05, 0) is 24.6 Å². The van der Waals surface area contributed by atoms with Crippen molar-refractivity contribution in [3.63, 3.8) is 0 Å². The molecule has 0 unspecified atom stereocenters. The molecule has 1 rings (SSSR count). The van der Waals surface area contributed by atoms with E-state index >= 15 is 0 Å². The zero-order chi connectivity index (χ0) is 15.5. The lowest BCUT2D eigenvalue weighted by atomic mass is 10.1. The molecule has 5 nitrogen and oxygen atoms in total. The van der Waals surface area contributed by atoms with Gasteiger partial charge in [-0.3, -0.25) is 4.79 Å². The Hall–Kier alpha value is -1.50. The molecule has 0 aliphatic carbocycles. The van der Waals surface area contributed by atoms with Gasteiger partial charge in [0.25, 0.3) is 0 Å². The number of halogens is 1. The van der Waals surface area contributed by atoms with Gasteiger partial charge in [0.2, 0.25) is 0 Å². The number of hydrogen-bond acceptors (Lipinski definition) is 5. The Bertz CT molecular complexity index is 436. The lowest BCUT2D eigenvalue weighted by molar-refractivity contribution is 0.0487. The maximum atomic E-state index is 13.2. The SMILES string of the molecule is COCCOCCCOCC(=O)c1cc(F)ccc1OC. The monoisotopic (exact) mass is 300 g/mol. The zero-order valence-electron chi connectivity index (χ0n) is 12.4. The van der Waals surface area contributed by atoms with Gasteiger partial charge in [0, 0.05) is 20.3 Å². The van der Waals surface area contributed by atoms with Gasteiger partial charge in [-0.2, -0.15) is 0 Å². The van der Waals surface area contributed by atoms with Crippen LogP contribution in [0.4, 0.5) is 4.39 Å². The normalized spacial score (nSPS) is 10.6. The molecule has 0 saturated heterocycles. The second-order valence-corrected chi connectivity index (χ2v) is 4.28. The Morgan fingerprint density at radius 2 is 1.86 bits per heavy atom. The summed E-state index contributed by atoms with van der Waals surface area (Å²) in [4.78, 5) is 11.9. The van der Waals surface area contributed by atoms with Gasteiger partial charge in [0.05, 0.1) is 25.9 Å². The molecular weight excluding hydrogens is 279 g/mol. The fourth-order valence-corrected chi connectivity index (χ4v) is 1.65. The van der Waals surface area contributed by atoms with E-state index in [2.05, 4.69) is 0 Å². The number of carbonyl (C=O) groups is 1. The van der Waals surface area contributed by atoms with Crippen molar-refractivity contribution in [3.05, 3.63) is 29.6 Å². The molecule has 0 saturated carbocycles. The Morgan fingerprint density at radius 1 is 1.10 bits per heavy atom. The van der Waals surface area contributed by atoms with Crippen molar-refractivity contribution in [2.75, 3.05) is 47.3 Å². The van der Waals surface area contributed by atoms with Gasteiger partial charge in [-0.1, -0.05) is 0 Å². The summed E-state index contributed by atoms with van der Waals surface area (Å²) in [5.74, 6) is -0.453. The Kier molecular flexibility index (Phi) is 8.57. The number of rotatable bonds is 11. The van der Waals surface area contributed by atoms with Crippen LogP contribution in [0.2, 0.25) is 0 Å². The summed E-state index contributed by atoms with van der Waals surface area (Å²) in [6.07, 6.45) is 0.678. The summed E-state index contributed by atoms with van der Waals surface area (Å²) in [5, 5.41) is 0. The maximum Gasteiger partial charge on any atom is 0.192 e. The summed E-state index contributed by atoms with van der Waals surface area (Å²) < 4.78 is 33.5. The van der Waals surface area contributed by atoms with Crippen molar-refractivity contribution in [2.24, 2.45) is 0 Å². The first-order chi connectivity index (χ1) is 10.2. The molecule has 0 aromatic heterocycles. The summed E-state index contributed by atoms with van der Waals surface area (Å²) in [6.45, 7) is 1.92. The van der Waals surface area contributed by atoms with E-state index in [9.17, 15) is 9.18 Å². The van der Waals surface area contributed by atoms with Crippen molar-refractivity contribution >= 4 is 5.78 Å². The number of benzene rings is 1. The molecule has 0 amide bonds. The highest BCUT2D eigenvalue weighted by Crippen LogP contribution is 2.19. The van der Waals surface area contributed by atoms with Crippen LogP contribution in [0.1, 0.15) is 16.8 Å². The molecule has 0 aliphatic rings. The average Bonchev–Trinajstić information content (AvgIpc) is 2.49. The molecule has 0 aliphatic heterocycles. The van der Waals surface area contributed by atoms with Crippen molar-refractivity contribution in [3.8, 4) is 5.75 Å². The number of hydrogen-bond donors (Lipinski definition) is 0. The number of ketones is 1. The van der Waals surface area contributed by atoms with E-state index in [1.807, 2.05) is 0 Å². The Labute approximate surface area is 123 Å². The zero-order valence-corrected chi connectivity index (χ0v) is 12.4. The van der Waals surface area contributed by atoms with Crippen LogP contribution in [0, 0.1) is 5.82 Å². The topological polar surface area (TPSA) is 54.0 Å². The van der Waals surface area contributed by atoms with Crippen molar-refractivity contribution in [1.82, 2.24) is 0 Å². The smallest absolute Gasteiger partial charge is 0.192 e. The van der Waals surface area contributed by atoms with E-state index < -0.39 is 5.82 Å². The molecule has 0 atom stereocenters. The first-order valence-corrected chi connectivity index (χ1v) is 6.70. The molecular formula is C15H21FO5. The molecule has 1 aromatic rings. The lowest BCUT2D eigenvalue weighted by Crippen LogP contribution is -2.12. The van der Waals surface area contributed by atoms with Gasteiger partial charge in [-0.25, -0.2) is 4.39 Å². The van der Waals surface area contributed by atoms with Crippen LogP contribution < -0.4 is 4.74 Å². The minimum Gasteiger partial charge on any atom is -0.496 e. The predicted octanol–water partition coefficient (Wildman–Crippen LogP) is 2.09. The van der Waals surface area contributed by atoms with Gasteiger partial charge in [0.15, 0.2) is 5.78 Å². The fraction of sp³-hybridized carbons (Fsp3) is 0.533. The highest BCUT2D eigenvalue weighted by molar-refractivity contribution is 5.99. The summed E-state index contributed by atoms with van der Waals surface area (Å²) in [5.41, 5.74) is 0.189. The lowest BCUT2D eigenvalue weighted by Gasteiger charge is -2.08. The number of ether oxygens (including phenoxy) is 4. The van der Waals surface area contributed by atoms with Crippen LogP contribution in [0.25, 0.3) is 0 Å². The standard InChI is InChI=1S/C15H21FO5/c1-18-8-9-20-6-3-7-21-11-14(17)13-10-12(16)4-5-15(13)19-2/h4-5,10H,3,6-9,11H2,1-2H3. The highest BCUT2D eigenvalue weighted by Gasteiger charge is 2.13. The largest absolute Gasteiger partial charge is 0.496 e. The van der Waals surface area contributed by atoms with E-state index in [1.54, 1.807) is 7.11 Å². The fourth-order valence-electron chi connectivity index (χ4n) is 1.65. The van der Waals surface area contributed by atoms with Gasteiger partial charge >= 0.3 is 0 Å². The third-order valence-electron chi connectivity index (χ3n) is 2.70. The maximum absolute atomic E-state index is 13.2. The molecule has 0 N–H and O–H groups in total. The quantitative estimate of drug-likeness (QED) is 0.463. The highest BCUT2D eigenvalue weighted by atomic mass is 19.1. The first-order valence-electron chi connectivity index (χ1n) is 6.70. The number of Topliss-reactive ketones (excluding diaryl/α,β-unsaturated/α-hetero) is 1. The summed E-state index contributed by atoms with van der Waals surface area (Å²) in [6, 6.07) is 3.82. The third kappa shape index (κ3) is 6.66. The van der Waals surface area contributed by atoms with E-state index in [-0.39, 0.29) is 18.0 Å². The first kappa shape index (κ1) is 17.6. The molecule has 6 heteroatoms. The minimum atomic E-state index is -0.481. The third-order valence-corrected chi connectivity index (χ3v) is 2.70. The Morgan fingerprint density at radius 3 is 2.57 bits per heavy atom. The molecule has 21 heavy (non-hydrogen) atoms. The summed E-state index contributed by atoms with van der Waals surface area (Å²) in [7, 11) is 3.04. The number of carbonyl (C=O) groups excluding carboxylic acids is 1. The minimum absolute atomic E-state index is 0.113. The second-order valence-electron chi connectivity index (χ2n) is 4.28. The van der Waals surface area contributed by atoms with E-state index in [0.29, 0.717) is 38.6 Å². The Balaban J connectivity index is 2.26. The van der Waals surface area contributed by atoms with Crippen LogP contribution >= 0.6 is 0 Å². The van der Waals surface area contributed by atoms with Crippen molar-refractivity contribution in [2.45, 2.75) is 6.42 Å². The summed E-state index contributed by atoms with van der Waals surface area (Å²) >= 11 is 0. The van der Waals surface area contributed by atoms with Gasteiger partial charge in [-0.15, -0.1) is 0 Å². The van der Waals surface area contributed by atoms with Crippen LogP contribution in [0.5, 0.6) is 5.75 Å². The van der Waals surface area contributed by atoms with Gasteiger partial charge in [0.1, 0.15) is 18.2 Å². The van der Waals surface area contributed by atoms with Gasteiger partial charge < -0.3 is 18.9 Å². The molecule has 0 fully saturated rings. The van der Waals surface area contributed by atoms with E-state index in [0.717, 1.165) is 6.07 Å². The average molecular weight is 300 g/mol. The molecule has 118 valence electrons. The molecule has 1 aromatic carbocycles. The number of methoxy groups -OCH3 is 2. The van der Waals surface area contributed by atoms with E-state index in [1.165, 1.54) is 19.2 Å². The molecule has 0 radical (unpaired) electrons. The van der Waals surface area contributed by atoms with Crippen LogP contribution in [0.15, 0.2) is 18.2 Å². The van der Waals surface area contributed by atoms with Crippen molar-refractivity contribution in [1.29, 1.82) is 0 Å². The molecule has 0 bridgehead atoms. The van der Waals surface area contributed by atoms with E-state index in [4.69, 9.17) is 18.9 Å².